The minimum Gasteiger partial charge on any atom is -0.484 e. The van der Waals surface area contributed by atoms with E-state index in [-0.39, 0.29) is 17.9 Å². The molecule has 0 saturated carbocycles. The number of ether oxygens (including phenoxy) is 1. The van der Waals surface area contributed by atoms with Crippen molar-refractivity contribution >= 4 is 80.5 Å². The first-order chi connectivity index (χ1) is 30.9. The third-order valence-corrected chi connectivity index (χ3v) is 14.6. The van der Waals surface area contributed by atoms with E-state index >= 15 is 0 Å². The van der Waals surface area contributed by atoms with E-state index in [2.05, 4.69) is 229 Å². The molecule has 5 aliphatic rings. The van der Waals surface area contributed by atoms with Crippen LogP contribution in [-0.4, -0.2) is 16.9 Å². The molecule has 0 N–H and O–H groups in total. The molecule has 0 amide bonds. The minimum absolute atomic E-state index is 0.0345. The summed E-state index contributed by atoms with van der Waals surface area (Å²) in [6.07, 6.45) is 14.1. The first-order valence-electron chi connectivity index (χ1n) is 22.5. The van der Waals surface area contributed by atoms with Gasteiger partial charge in [-0.2, -0.15) is 0 Å². The number of fused-ring (bicyclic) bond motifs is 10. The number of anilines is 6. The summed E-state index contributed by atoms with van der Waals surface area (Å²) in [6.45, 7) is 7.22. The average molecular weight is 812 g/mol. The number of hydrogen-bond acceptors (Lipinski definition) is 3. The first kappa shape index (κ1) is 36.4. The molecule has 2 aliphatic heterocycles. The predicted octanol–water partition coefficient (Wildman–Crippen LogP) is 11.8. The molecule has 0 radical (unpaired) electrons. The molecule has 0 spiro atoms. The number of aromatic nitrogens is 1. The van der Waals surface area contributed by atoms with Gasteiger partial charge in [-0.3, -0.25) is 0 Å². The minimum atomic E-state index is -0.606. The van der Waals surface area contributed by atoms with Gasteiger partial charge in [0.1, 0.15) is 11.4 Å². The molecule has 5 heteroatoms. The van der Waals surface area contributed by atoms with Crippen LogP contribution in [0.3, 0.4) is 0 Å². The average Bonchev–Trinajstić information content (AvgIpc) is 3.74. The number of hydrogen-bond donors (Lipinski definition) is 0. The molecule has 2 unspecified atom stereocenters. The van der Waals surface area contributed by atoms with Gasteiger partial charge in [0.15, 0.2) is 0 Å². The van der Waals surface area contributed by atoms with Crippen LogP contribution in [0.4, 0.5) is 34.1 Å². The Labute approximate surface area is 369 Å². The Morgan fingerprint density at radius 2 is 1.37 bits per heavy atom. The lowest BCUT2D eigenvalue weighted by molar-refractivity contribution is 0.159. The summed E-state index contributed by atoms with van der Waals surface area (Å²) in [6, 6.07) is 60.2. The van der Waals surface area contributed by atoms with E-state index < -0.39 is 5.60 Å². The van der Waals surface area contributed by atoms with Gasteiger partial charge in [-0.15, -0.1) is 0 Å². The monoisotopic (exact) mass is 811 g/mol. The van der Waals surface area contributed by atoms with Crippen molar-refractivity contribution in [2.75, 3.05) is 9.80 Å². The molecule has 3 aliphatic carbocycles. The lowest BCUT2D eigenvalue weighted by Crippen LogP contribution is -2.63. The van der Waals surface area contributed by atoms with Crippen molar-refractivity contribution in [1.29, 1.82) is 0 Å². The molecule has 302 valence electrons. The molecule has 4 nitrogen and oxygen atoms in total. The Morgan fingerprint density at radius 3 is 2.11 bits per heavy atom. The summed E-state index contributed by atoms with van der Waals surface area (Å²) in [7, 11) is 0. The van der Waals surface area contributed by atoms with Crippen molar-refractivity contribution < 1.29 is 4.74 Å². The molecule has 0 saturated heterocycles. The Hall–Kier alpha value is -7.24. The van der Waals surface area contributed by atoms with Gasteiger partial charge in [-0.25, -0.2) is 0 Å². The molecular weight excluding hydrogens is 765 g/mol. The molecule has 7 aromatic carbocycles. The van der Waals surface area contributed by atoms with Crippen molar-refractivity contribution in [3.05, 3.63) is 204 Å². The second-order valence-electron chi connectivity index (χ2n) is 18.5. The SMILES string of the molecule is CC1(C)c2cc(N(c3ccccc3)c3ccccc3)ccc2-c2cc3c(cc21)B1c2c(cccc2N3c2ccccc2)OC2(C)C=c3c(c4ccccc4n3C3=CCCC=C3)=CC12. The van der Waals surface area contributed by atoms with Gasteiger partial charge in [0, 0.05) is 61.7 Å². The highest BCUT2D eigenvalue weighted by Crippen LogP contribution is 2.54. The van der Waals surface area contributed by atoms with Crippen LogP contribution in [-0.2, 0) is 5.41 Å². The van der Waals surface area contributed by atoms with Crippen LogP contribution in [0.1, 0.15) is 44.7 Å². The number of nitrogens with zero attached hydrogens (tertiary/aromatic N) is 3. The van der Waals surface area contributed by atoms with Gasteiger partial charge in [0.2, 0.25) is 6.71 Å². The largest absolute Gasteiger partial charge is 0.484 e. The third-order valence-electron chi connectivity index (χ3n) is 14.6. The van der Waals surface area contributed by atoms with Gasteiger partial charge < -0.3 is 19.1 Å². The smallest absolute Gasteiger partial charge is 0.231 e. The third kappa shape index (κ3) is 5.23. The van der Waals surface area contributed by atoms with E-state index in [9.17, 15) is 0 Å². The molecule has 13 rings (SSSR count). The van der Waals surface area contributed by atoms with Crippen molar-refractivity contribution in [2.24, 2.45) is 0 Å². The number of rotatable bonds is 5. The van der Waals surface area contributed by atoms with Crippen LogP contribution >= 0.6 is 0 Å². The van der Waals surface area contributed by atoms with Gasteiger partial charge in [-0.1, -0.05) is 123 Å². The number of benzene rings is 7. The molecule has 8 aromatic rings. The van der Waals surface area contributed by atoms with Crippen LogP contribution in [0.15, 0.2) is 182 Å². The normalized spacial score (nSPS) is 19.3. The Balaban J connectivity index is 1.04. The second kappa shape index (κ2) is 13.4. The summed E-state index contributed by atoms with van der Waals surface area (Å²) >= 11 is 0. The molecule has 1 aromatic heterocycles. The van der Waals surface area contributed by atoms with Gasteiger partial charge in [0.25, 0.3) is 0 Å². The zero-order chi connectivity index (χ0) is 42.0. The van der Waals surface area contributed by atoms with Crippen LogP contribution < -0.4 is 36.0 Å². The van der Waals surface area contributed by atoms with E-state index in [0.717, 1.165) is 41.3 Å². The highest BCUT2D eigenvalue weighted by Gasteiger charge is 2.53. The van der Waals surface area contributed by atoms with Crippen molar-refractivity contribution in [3.8, 4) is 16.9 Å². The summed E-state index contributed by atoms with van der Waals surface area (Å²) in [5.74, 6) is 0.997. The van der Waals surface area contributed by atoms with Crippen molar-refractivity contribution in [3.63, 3.8) is 0 Å². The summed E-state index contributed by atoms with van der Waals surface area (Å²) in [5, 5.41) is 3.80. The lowest BCUT2D eigenvalue weighted by atomic mass is 9.28. The van der Waals surface area contributed by atoms with E-state index in [1.165, 1.54) is 71.7 Å². The van der Waals surface area contributed by atoms with Crippen molar-refractivity contribution in [1.82, 2.24) is 4.57 Å². The maximum atomic E-state index is 7.39. The summed E-state index contributed by atoms with van der Waals surface area (Å²) < 4.78 is 9.86. The van der Waals surface area contributed by atoms with Crippen LogP contribution in [0.5, 0.6) is 5.75 Å². The fourth-order valence-corrected chi connectivity index (χ4v) is 11.7. The standard InChI is InChI=1S/C58H46BN3O/c1-57(2)47-33-42(60(38-19-8-4-9-20-38)39-21-10-5-11-22-39)31-32-43(47)45-34-52-49(36-48(45)57)59-55-35-46-44-27-16-17-28-50(44)61(40-23-12-6-13-24-40)53(46)37-58(55,3)63-54-30-18-29-51(56(54)59)62(52)41-25-14-7-15-26-41/h4-5,7-12,14-37,55H,6,13H2,1-3H3. The van der Waals surface area contributed by atoms with E-state index in [0.29, 0.717) is 0 Å². The molecule has 2 atom stereocenters. The zero-order valence-corrected chi connectivity index (χ0v) is 35.8. The quantitative estimate of drug-likeness (QED) is 0.162. The molecule has 63 heavy (non-hydrogen) atoms. The summed E-state index contributed by atoms with van der Waals surface area (Å²) in [4.78, 5) is 4.87. The molecule has 3 heterocycles. The number of para-hydroxylation sites is 4. The predicted molar refractivity (Wildman–Crippen MR) is 264 cm³/mol. The maximum Gasteiger partial charge on any atom is 0.231 e. The van der Waals surface area contributed by atoms with Crippen LogP contribution in [0, 0.1) is 0 Å². The lowest BCUT2D eigenvalue weighted by Gasteiger charge is -2.49. The van der Waals surface area contributed by atoms with Gasteiger partial charge in [-0.05, 0) is 138 Å². The molecule has 0 bridgehead atoms. The fraction of sp³-hybridized carbons (Fsp3) is 0.138. The topological polar surface area (TPSA) is 20.6 Å². The van der Waals surface area contributed by atoms with Gasteiger partial charge >= 0.3 is 0 Å². The van der Waals surface area contributed by atoms with Crippen molar-refractivity contribution in [2.45, 2.75) is 50.4 Å². The van der Waals surface area contributed by atoms with Crippen LogP contribution in [0.25, 0.3) is 39.9 Å². The summed E-state index contributed by atoms with van der Waals surface area (Å²) in [5.41, 5.74) is 16.5. The Morgan fingerprint density at radius 1 is 0.651 bits per heavy atom. The fourth-order valence-electron chi connectivity index (χ4n) is 11.7. The second-order valence-corrected chi connectivity index (χ2v) is 18.5. The Kier molecular flexibility index (Phi) is 7.74. The highest BCUT2D eigenvalue weighted by molar-refractivity contribution is 6.91. The van der Waals surface area contributed by atoms with E-state index in [4.69, 9.17) is 4.74 Å². The highest BCUT2D eigenvalue weighted by atomic mass is 16.5. The van der Waals surface area contributed by atoms with Gasteiger partial charge in [0.05, 0.1) is 10.9 Å². The first-order valence-corrected chi connectivity index (χ1v) is 22.5. The Bertz CT molecular complexity index is 3350. The number of allylic oxidation sites excluding steroid dienone is 4. The van der Waals surface area contributed by atoms with E-state index in [1.54, 1.807) is 0 Å². The van der Waals surface area contributed by atoms with E-state index in [1.807, 2.05) is 0 Å². The zero-order valence-electron chi connectivity index (χ0n) is 35.8. The maximum absolute atomic E-state index is 7.39. The molecule has 0 fully saturated rings. The van der Waals surface area contributed by atoms with Crippen LogP contribution in [0.2, 0.25) is 5.82 Å². The molecular formula is C58H46BN3O.